The minimum atomic E-state index is -0.0137. The monoisotopic (exact) mass is 195 g/mol. The summed E-state index contributed by atoms with van der Waals surface area (Å²) in [7, 11) is 0. The molecule has 0 aliphatic heterocycles. The molecule has 0 aliphatic rings. The van der Waals surface area contributed by atoms with Gasteiger partial charge in [-0.15, -0.1) is 0 Å². The number of rotatable bonds is 6. The van der Waals surface area contributed by atoms with Gasteiger partial charge in [0.05, 0.1) is 0 Å². The van der Waals surface area contributed by atoms with Crippen molar-refractivity contribution < 1.29 is 9.47 Å². The van der Waals surface area contributed by atoms with Crippen LogP contribution >= 0.6 is 0 Å². The van der Waals surface area contributed by atoms with Crippen molar-refractivity contribution in [2.45, 2.75) is 13.0 Å². The highest BCUT2D eigenvalue weighted by atomic mass is 16.5. The molecular formula is C11H17NO2. The Morgan fingerprint density at radius 1 is 1.29 bits per heavy atom. The van der Waals surface area contributed by atoms with Crippen molar-refractivity contribution in [3.05, 3.63) is 30.3 Å². The van der Waals surface area contributed by atoms with Crippen LogP contribution in [0.25, 0.3) is 0 Å². The number of nitrogens with two attached hydrogens (primary N) is 1. The smallest absolute Gasteiger partial charge is 0.119 e. The van der Waals surface area contributed by atoms with Gasteiger partial charge in [-0.25, -0.2) is 0 Å². The van der Waals surface area contributed by atoms with E-state index in [1.165, 1.54) is 0 Å². The maximum atomic E-state index is 5.52. The maximum absolute atomic E-state index is 5.52. The molecule has 1 atom stereocenters. The Morgan fingerprint density at radius 2 is 2.00 bits per heavy atom. The molecule has 1 aromatic rings. The molecule has 1 aromatic carbocycles. The van der Waals surface area contributed by atoms with E-state index in [0.717, 1.165) is 5.75 Å². The normalized spacial score (nSPS) is 12.4. The number of hydrogen-bond acceptors (Lipinski definition) is 3. The molecule has 0 aromatic heterocycles. The van der Waals surface area contributed by atoms with Gasteiger partial charge in [-0.1, -0.05) is 18.2 Å². The van der Waals surface area contributed by atoms with Gasteiger partial charge in [0.25, 0.3) is 0 Å². The average molecular weight is 195 g/mol. The molecule has 3 nitrogen and oxygen atoms in total. The highest BCUT2D eigenvalue weighted by Crippen LogP contribution is 2.08. The Morgan fingerprint density at radius 3 is 2.57 bits per heavy atom. The average Bonchev–Trinajstić information content (AvgIpc) is 2.25. The molecule has 0 fully saturated rings. The molecule has 78 valence electrons. The molecule has 0 bridgehead atoms. The molecule has 0 saturated heterocycles. The quantitative estimate of drug-likeness (QED) is 0.746. The summed E-state index contributed by atoms with van der Waals surface area (Å²) in [5.74, 6) is 0.852. The van der Waals surface area contributed by atoms with Crippen molar-refractivity contribution in [3.63, 3.8) is 0 Å². The van der Waals surface area contributed by atoms with Crippen LogP contribution in [0.3, 0.4) is 0 Å². The lowest BCUT2D eigenvalue weighted by Crippen LogP contribution is -2.30. The Labute approximate surface area is 84.8 Å². The second kappa shape index (κ2) is 6.40. The largest absolute Gasteiger partial charge is 0.491 e. The molecule has 14 heavy (non-hydrogen) atoms. The lowest BCUT2D eigenvalue weighted by atomic mass is 10.3. The van der Waals surface area contributed by atoms with Crippen molar-refractivity contribution in [1.29, 1.82) is 0 Å². The summed E-state index contributed by atoms with van der Waals surface area (Å²) in [4.78, 5) is 0. The lowest BCUT2D eigenvalue weighted by molar-refractivity contribution is 0.0337. The van der Waals surface area contributed by atoms with E-state index >= 15 is 0 Å². The molecule has 0 saturated carbocycles. The van der Waals surface area contributed by atoms with E-state index in [1.807, 2.05) is 37.3 Å². The summed E-state index contributed by atoms with van der Waals surface area (Å²) >= 11 is 0. The summed E-state index contributed by atoms with van der Waals surface area (Å²) in [5, 5.41) is 0. The third-order valence-corrected chi connectivity index (χ3v) is 1.84. The maximum Gasteiger partial charge on any atom is 0.119 e. The van der Waals surface area contributed by atoms with Crippen molar-refractivity contribution in [1.82, 2.24) is 0 Å². The highest BCUT2D eigenvalue weighted by Gasteiger charge is 2.06. The first kappa shape index (κ1) is 11.0. The zero-order valence-corrected chi connectivity index (χ0v) is 8.48. The van der Waals surface area contributed by atoms with E-state index in [9.17, 15) is 0 Å². The minimum absolute atomic E-state index is 0.0137. The summed E-state index contributed by atoms with van der Waals surface area (Å²) in [6.07, 6.45) is -0.0137. The van der Waals surface area contributed by atoms with Crippen LogP contribution in [-0.4, -0.2) is 25.9 Å². The van der Waals surface area contributed by atoms with E-state index < -0.39 is 0 Å². The van der Waals surface area contributed by atoms with Gasteiger partial charge in [-0.2, -0.15) is 0 Å². The van der Waals surface area contributed by atoms with Crippen LogP contribution in [0.15, 0.2) is 30.3 Å². The highest BCUT2D eigenvalue weighted by molar-refractivity contribution is 5.20. The molecule has 0 radical (unpaired) electrons. The second-order valence-electron chi connectivity index (χ2n) is 2.94. The van der Waals surface area contributed by atoms with Crippen LogP contribution in [0.5, 0.6) is 5.75 Å². The molecule has 1 rings (SSSR count). The second-order valence-corrected chi connectivity index (χ2v) is 2.94. The number of benzene rings is 1. The van der Waals surface area contributed by atoms with Gasteiger partial charge in [-0.3, -0.25) is 0 Å². The standard InChI is InChI=1S/C11H17NO2/c1-2-13-11(8-12)9-14-10-6-4-3-5-7-10/h3-7,11H,2,8-9,12H2,1H3. The third-order valence-electron chi connectivity index (χ3n) is 1.84. The summed E-state index contributed by atoms with van der Waals surface area (Å²) in [5.41, 5.74) is 5.52. The molecular weight excluding hydrogens is 178 g/mol. The lowest BCUT2D eigenvalue weighted by Gasteiger charge is -2.15. The summed E-state index contributed by atoms with van der Waals surface area (Å²) in [6, 6.07) is 9.66. The van der Waals surface area contributed by atoms with Gasteiger partial charge in [-0.05, 0) is 19.1 Å². The fourth-order valence-electron chi connectivity index (χ4n) is 1.13. The first-order valence-corrected chi connectivity index (χ1v) is 4.86. The van der Waals surface area contributed by atoms with E-state index in [0.29, 0.717) is 19.8 Å². The topological polar surface area (TPSA) is 44.5 Å². The summed E-state index contributed by atoms with van der Waals surface area (Å²) in [6.45, 7) is 3.61. The molecule has 3 heteroatoms. The van der Waals surface area contributed by atoms with Crippen LogP contribution in [0.2, 0.25) is 0 Å². The molecule has 0 amide bonds. The zero-order valence-electron chi connectivity index (χ0n) is 8.48. The van der Waals surface area contributed by atoms with Gasteiger partial charge < -0.3 is 15.2 Å². The van der Waals surface area contributed by atoms with Crippen molar-refractivity contribution >= 4 is 0 Å². The number of para-hydroxylation sites is 1. The van der Waals surface area contributed by atoms with E-state index in [4.69, 9.17) is 15.2 Å². The van der Waals surface area contributed by atoms with Gasteiger partial charge in [0.2, 0.25) is 0 Å². The molecule has 0 heterocycles. The predicted octanol–water partition coefficient (Wildman–Crippen LogP) is 1.43. The van der Waals surface area contributed by atoms with Crippen LogP contribution in [0.1, 0.15) is 6.92 Å². The third kappa shape index (κ3) is 3.77. The Bertz CT molecular complexity index is 238. The van der Waals surface area contributed by atoms with Crippen LogP contribution in [0.4, 0.5) is 0 Å². The van der Waals surface area contributed by atoms with E-state index in [1.54, 1.807) is 0 Å². The predicted molar refractivity (Wildman–Crippen MR) is 56.4 cm³/mol. The summed E-state index contributed by atoms with van der Waals surface area (Å²) < 4.78 is 10.9. The molecule has 1 unspecified atom stereocenters. The van der Waals surface area contributed by atoms with Gasteiger partial charge >= 0.3 is 0 Å². The van der Waals surface area contributed by atoms with Crippen molar-refractivity contribution in [2.24, 2.45) is 5.73 Å². The molecule has 0 spiro atoms. The van der Waals surface area contributed by atoms with Crippen LogP contribution in [0, 0.1) is 0 Å². The zero-order chi connectivity index (χ0) is 10.2. The Kier molecular flexibility index (Phi) is 5.04. The van der Waals surface area contributed by atoms with Gasteiger partial charge in [0.1, 0.15) is 18.5 Å². The fourth-order valence-corrected chi connectivity index (χ4v) is 1.13. The Balaban J connectivity index is 2.32. The first-order valence-electron chi connectivity index (χ1n) is 4.86. The number of hydrogen-bond donors (Lipinski definition) is 1. The van der Waals surface area contributed by atoms with E-state index in [-0.39, 0.29) is 6.10 Å². The van der Waals surface area contributed by atoms with E-state index in [2.05, 4.69) is 0 Å². The minimum Gasteiger partial charge on any atom is -0.491 e. The van der Waals surface area contributed by atoms with Crippen LogP contribution < -0.4 is 10.5 Å². The van der Waals surface area contributed by atoms with Gasteiger partial charge in [0.15, 0.2) is 0 Å². The van der Waals surface area contributed by atoms with Crippen molar-refractivity contribution in [3.8, 4) is 5.75 Å². The SMILES string of the molecule is CCOC(CN)COc1ccccc1. The molecule has 2 N–H and O–H groups in total. The van der Waals surface area contributed by atoms with Crippen molar-refractivity contribution in [2.75, 3.05) is 19.8 Å². The van der Waals surface area contributed by atoms with Crippen LogP contribution in [-0.2, 0) is 4.74 Å². The fraction of sp³-hybridized carbons (Fsp3) is 0.455. The Hall–Kier alpha value is -1.06. The van der Waals surface area contributed by atoms with Gasteiger partial charge in [0, 0.05) is 13.2 Å². The molecule has 0 aliphatic carbocycles. The first-order chi connectivity index (χ1) is 6.86. The number of ether oxygens (including phenoxy) is 2.